The van der Waals surface area contributed by atoms with Gasteiger partial charge in [0.05, 0.1) is 22.0 Å². The molecular formula is C18H16ClFN6O2S2. The average molecular weight is 467 g/mol. The zero-order chi connectivity index (χ0) is 21.3. The van der Waals surface area contributed by atoms with Crippen molar-refractivity contribution in [2.45, 2.75) is 48.5 Å². The molecule has 3 aromatic rings. The standard InChI is InChI=1S/C18H16ClFN6O2S2/c1-10-6-11(30(27,28)25-18(8-20)4-5-18)7-26-12(10)13(19)22-14(26)15-23-24-16(29-15)17(9-21)2-3-17/h6-7,25H,2-5,8H2,1H3. The number of sulfonamides is 1. The Morgan fingerprint density at radius 1 is 1.37 bits per heavy atom. The van der Waals surface area contributed by atoms with Crippen LogP contribution in [-0.2, 0) is 15.4 Å². The highest BCUT2D eigenvalue weighted by atomic mass is 35.5. The van der Waals surface area contributed by atoms with Gasteiger partial charge in [0.2, 0.25) is 10.0 Å². The largest absolute Gasteiger partial charge is 0.295 e. The third-order valence-electron chi connectivity index (χ3n) is 5.62. The Balaban J connectivity index is 1.62. The maximum Gasteiger partial charge on any atom is 0.242 e. The molecule has 3 heterocycles. The zero-order valence-corrected chi connectivity index (χ0v) is 18.2. The number of aryl methyl sites for hydroxylation is 1. The summed E-state index contributed by atoms with van der Waals surface area (Å²) in [5.74, 6) is 0.347. The molecule has 0 aliphatic heterocycles. The van der Waals surface area contributed by atoms with Crippen molar-refractivity contribution in [3.05, 3.63) is 28.0 Å². The number of nitrogens with one attached hydrogen (secondary N) is 1. The first-order chi connectivity index (χ1) is 14.2. The van der Waals surface area contributed by atoms with Gasteiger partial charge in [-0.3, -0.25) is 4.40 Å². The third kappa shape index (κ3) is 3.01. The number of nitrogens with zero attached hydrogens (tertiary/aromatic N) is 5. The molecule has 2 fully saturated rings. The summed E-state index contributed by atoms with van der Waals surface area (Å²) >= 11 is 7.58. The molecule has 0 radical (unpaired) electrons. The summed E-state index contributed by atoms with van der Waals surface area (Å²) in [5, 5.41) is 19.0. The highest BCUT2D eigenvalue weighted by molar-refractivity contribution is 7.89. The van der Waals surface area contributed by atoms with Crippen molar-refractivity contribution in [3.63, 3.8) is 0 Å². The van der Waals surface area contributed by atoms with E-state index in [1.807, 2.05) is 0 Å². The van der Waals surface area contributed by atoms with Crippen LogP contribution in [0.3, 0.4) is 0 Å². The Morgan fingerprint density at radius 2 is 2.10 bits per heavy atom. The van der Waals surface area contributed by atoms with Gasteiger partial charge in [-0.2, -0.15) is 5.26 Å². The molecule has 5 rings (SSSR count). The van der Waals surface area contributed by atoms with E-state index >= 15 is 0 Å². The molecule has 2 saturated carbocycles. The van der Waals surface area contributed by atoms with Crippen molar-refractivity contribution in [2.24, 2.45) is 0 Å². The van der Waals surface area contributed by atoms with Gasteiger partial charge in [-0.05, 0) is 44.2 Å². The van der Waals surface area contributed by atoms with E-state index < -0.39 is 27.7 Å². The lowest BCUT2D eigenvalue weighted by Gasteiger charge is -2.15. The van der Waals surface area contributed by atoms with Crippen molar-refractivity contribution in [3.8, 4) is 16.9 Å². The molecule has 0 unspecified atom stereocenters. The number of rotatable bonds is 6. The second-order valence-corrected chi connectivity index (χ2v) is 10.9. The summed E-state index contributed by atoms with van der Waals surface area (Å²) in [4.78, 5) is 4.36. The molecule has 3 aromatic heterocycles. The fourth-order valence-electron chi connectivity index (χ4n) is 3.39. The molecule has 0 atom stereocenters. The first kappa shape index (κ1) is 19.8. The van der Waals surface area contributed by atoms with E-state index in [4.69, 9.17) is 11.6 Å². The first-order valence-electron chi connectivity index (χ1n) is 9.26. The second-order valence-electron chi connectivity index (χ2n) is 7.93. The van der Waals surface area contributed by atoms with Crippen LogP contribution in [0.2, 0.25) is 5.15 Å². The number of hydrogen-bond acceptors (Lipinski definition) is 7. The highest BCUT2D eigenvalue weighted by Crippen LogP contribution is 2.49. The number of nitriles is 1. The highest BCUT2D eigenvalue weighted by Gasteiger charge is 2.48. The van der Waals surface area contributed by atoms with E-state index in [1.165, 1.54) is 23.6 Å². The van der Waals surface area contributed by atoms with E-state index in [0.717, 1.165) is 12.8 Å². The Kier molecular flexibility index (Phi) is 4.25. The second kappa shape index (κ2) is 6.43. The monoisotopic (exact) mass is 466 g/mol. The van der Waals surface area contributed by atoms with Gasteiger partial charge in [-0.25, -0.2) is 22.5 Å². The van der Waals surface area contributed by atoms with Crippen LogP contribution >= 0.6 is 22.9 Å². The van der Waals surface area contributed by atoms with E-state index in [9.17, 15) is 18.1 Å². The maximum absolute atomic E-state index is 13.2. The van der Waals surface area contributed by atoms with Crippen LogP contribution in [0, 0.1) is 18.3 Å². The van der Waals surface area contributed by atoms with Gasteiger partial charge >= 0.3 is 0 Å². The van der Waals surface area contributed by atoms with Crippen LogP contribution in [-0.4, -0.2) is 40.2 Å². The smallest absolute Gasteiger partial charge is 0.242 e. The number of fused-ring (bicyclic) bond motifs is 1. The molecule has 2 aliphatic carbocycles. The number of pyridine rings is 1. The van der Waals surface area contributed by atoms with Crippen LogP contribution < -0.4 is 4.72 Å². The summed E-state index contributed by atoms with van der Waals surface area (Å²) in [6.45, 7) is 0.984. The van der Waals surface area contributed by atoms with Gasteiger partial charge in [0.25, 0.3) is 0 Å². The Hall–Kier alpha value is -2.13. The predicted molar refractivity (Wildman–Crippen MR) is 109 cm³/mol. The molecule has 156 valence electrons. The zero-order valence-electron chi connectivity index (χ0n) is 15.8. The molecule has 2 aliphatic rings. The summed E-state index contributed by atoms with van der Waals surface area (Å²) in [6.07, 6.45) is 3.83. The minimum Gasteiger partial charge on any atom is -0.295 e. The van der Waals surface area contributed by atoms with Gasteiger partial charge in [-0.1, -0.05) is 22.9 Å². The number of aromatic nitrogens is 4. The molecule has 0 amide bonds. The Morgan fingerprint density at radius 3 is 2.70 bits per heavy atom. The van der Waals surface area contributed by atoms with E-state index in [1.54, 1.807) is 11.3 Å². The number of imidazole rings is 1. The van der Waals surface area contributed by atoms with Crippen LogP contribution in [0.15, 0.2) is 17.2 Å². The summed E-state index contributed by atoms with van der Waals surface area (Å²) in [6, 6.07) is 3.77. The summed E-state index contributed by atoms with van der Waals surface area (Å²) < 4.78 is 43.0. The van der Waals surface area contributed by atoms with Crippen LogP contribution in [0.4, 0.5) is 4.39 Å². The fraction of sp³-hybridized carbons (Fsp3) is 0.444. The van der Waals surface area contributed by atoms with Crippen LogP contribution in [0.5, 0.6) is 0 Å². The molecular weight excluding hydrogens is 451 g/mol. The van der Waals surface area contributed by atoms with Gasteiger partial charge in [0.1, 0.15) is 17.1 Å². The first-order valence-corrected chi connectivity index (χ1v) is 11.9. The van der Waals surface area contributed by atoms with Crippen molar-refractivity contribution >= 4 is 38.5 Å². The van der Waals surface area contributed by atoms with Gasteiger partial charge in [-0.15, -0.1) is 10.2 Å². The molecule has 0 spiro atoms. The molecule has 30 heavy (non-hydrogen) atoms. The minimum absolute atomic E-state index is 0.0111. The fourth-order valence-corrected chi connectivity index (χ4v) is 6.26. The van der Waals surface area contributed by atoms with E-state index in [2.05, 4.69) is 26.0 Å². The van der Waals surface area contributed by atoms with Crippen molar-refractivity contribution in [2.75, 3.05) is 6.67 Å². The normalized spacial score (nSPS) is 19.0. The molecule has 0 saturated heterocycles. The lowest BCUT2D eigenvalue weighted by molar-refractivity contribution is 0.393. The summed E-state index contributed by atoms with van der Waals surface area (Å²) in [5.41, 5.74) is -0.421. The lowest BCUT2D eigenvalue weighted by Crippen LogP contribution is -2.38. The summed E-state index contributed by atoms with van der Waals surface area (Å²) in [7, 11) is -3.94. The Labute approximate surface area is 180 Å². The molecule has 1 N–H and O–H groups in total. The van der Waals surface area contributed by atoms with Gasteiger partial charge in [0, 0.05) is 6.20 Å². The number of hydrogen-bond donors (Lipinski definition) is 1. The SMILES string of the molecule is Cc1cc(S(=O)(=O)NC2(CF)CC2)cn2c(-c3nnc(C4(C#N)CC4)s3)nc(Cl)c12. The lowest BCUT2D eigenvalue weighted by atomic mass is 10.1. The van der Waals surface area contributed by atoms with Crippen LogP contribution in [0.25, 0.3) is 16.3 Å². The van der Waals surface area contributed by atoms with Crippen LogP contribution in [0.1, 0.15) is 36.3 Å². The van der Waals surface area contributed by atoms with Gasteiger partial charge in [0.15, 0.2) is 16.0 Å². The number of halogens is 2. The van der Waals surface area contributed by atoms with Crippen molar-refractivity contribution in [1.82, 2.24) is 24.3 Å². The molecule has 0 aromatic carbocycles. The third-order valence-corrected chi connectivity index (χ3v) is 8.55. The maximum atomic E-state index is 13.2. The van der Waals surface area contributed by atoms with E-state index in [-0.39, 0.29) is 10.0 Å². The van der Waals surface area contributed by atoms with Crippen molar-refractivity contribution in [1.29, 1.82) is 5.26 Å². The molecule has 0 bridgehead atoms. The molecule has 12 heteroatoms. The molecule has 8 nitrogen and oxygen atoms in total. The number of alkyl halides is 1. The van der Waals surface area contributed by atoms with E-state index in [0.29, 0.717) is 39.8 Å². The average Bonchev–Trinajstić information content (AvgIpc) is 3.59. The minimum atomic E-state index is -3.94. The quantitative estimate of drug-likeness (QED) is 0.597. The predicted octanol–water partition coefficient (Wildman–Crippen LogP) is 3.15. The van der Waals surface area contributed by atoms with Crippen molar-refractivity contribution < 1.29 is 12.8 Å². The van der Waals surface area contributed by atoms with Gasteiger partial charge < -0.3 is 0 Å². The topological polar surface area (TPSA) is 113 Å². The Bertz CT molecular complexity index is 1330.